The molecule has 0 unspecified atom stereocenters. The molecule has 0 radical (unpaired) electrons. The summed E-state index contributed by atoms with van der Waals surface area (Å²) < 4.78 is 7.34. The van der Waals surface area contributed by atoms with Crippen molar-refractivity contribution in [1.29, 1.82) is 0 Å². The fraction of sp³-hybridized carbons (Fsp3) is 0.292. The van der Waals surface area contributed by atoms with Gasteiger partial charge < -0.3 is 20.4 Å². The first-order valence-electron chi connectivity index (χ1n) is 11.0. The summed E-state index contributed by atoms with van der Waals surface area (Å²) in [4.78, 5) is 25.2. The van der Waals surface area contributed by atoms with E-state index in [-0.39, 0.29) is 5.91 Å². The third-order valence-electron chi connectivity index (χ3n) is 5.88. The Morgan fingerprint density at radius 2 is 1.73 bits per heavy atom. The minimum Gasteiger partial charge on any atom is -0.384 e. The molecule has 1 saturated heterocycles. The number of carbonyl (C=O) groups excluding carboxylic acids is 1. The van der Waals surface area contributed by atoms with Crippen LogP contribution in [0.15, 0.2) is 48.5 Å². The molecule has 33 heavy (non-hydrogen) atoms. The summed E-state index contributed by atoms with van der Waals surface area (Å²) in [5.41, 5.74) is 10.1. The van der Waals surface area contributed by atoms with Gasteiger partial charge in [-0.2, -0.15) is 0 Å². The Morgan fingerprint density at radius 1 is 1.03 bits per heavy atom. The molecule has 2 aromatic heterocycles. The Bertz CT molecular complexity index is 1300. The first-order chi connectivity index (χ1) is 16.1. The van der Waals surface area contributed by atoms with Crippen molar-refractivity contribution >= 4 is 51.2 Å². The van der Waals surface area contributed by atoms with Gasteiger partial charge in [-0.3, -0.25) is 9.69 Å². The summed E-state index contributed by atoms with van der Waals surface area (Å²) in [5, 5.41) is 3.51. The second kappa shape index (κ2) is 9.35. The Kier molecular flexibility index (Phi) is 6.13. The quantitative estimate of drug-likeness (QED) is 0.450. The van der Waals surface area contributed by atoms with Crippen molar-refractivity contribution in [2.45, 2.75) is 13.0 Å². The van der Waals surface area contributed by atoms with E-state index in [1.807, 2.05) is 28.8 Å². The van der Waals surface area contributed by atoms with Crippen molar-refractivity contribution in [1.82, 2.24) is 19.4 Å². The molecule has 3 heterocycles. The number of benzene rings is 2. The SMILES string of the molecule is Nc1c(C(=O)Nc2ccc(Cl)cc2)c2nc3ccccc3nc2n1CCCN1CCOCC1. The first-order valence-corrected chi connectivity index (χ1v) is 11.4. The van der Waals surface area contributed by atoms with Gasteiger partial charge in [0, 0.05) is 36.9 Å². The van der Waals surface area contributed by atoms with Gasteiger partial charge in [0.2, 0.25) is 0 Å². The molecule has 1 aliphatic heterocycles. The molecule has 9 heteroatoms. The highest BCUT2D eigenvalue weighted by atomic mass is 35.5. The third kappa shape index (κ3) is 4.50. The van der Waals surface area contributed by atoms with E-state index in [9.17, 15) is 4.79 Å². The Balaban J connectivity index is 1.50. The molecule has 1 fully saturated rings. The molecule has 0 atom stereocenters. The predicted molar refractivity (Wildman–Crippen MR) is 131 cm³/mol. The second-order valence-corrected chi connectivity index (χ2v) is 8.50. The Morgan fingerprint density at radius 3 is 2.45 bits per heavy atom. The topological polar surface area (TPSA) is 98.3 Å². The van der Waals surface area contributed by atoms with Crippen LogP contribution in [-0.2, 0) is 11.3 Å². The lowest BCUT2D eigenvalue weighted by molar-refractivity contribution is 0.0370. The lowest BCUT2D eigenvalue weighted by atomic mass is 10.2. The number of para-hydroxylation sites is 2. The maximum absolute atomic E-state index is 13.3. The van der Waals surface area contributed by atoms with Crippen LogP contribution < -0.4 is 11.1 Å². The highest BCUT2D eigenvalue weighted by Crippen LogP contribution is 2.29. The molecule has 0 bridgehead atoms. The number of anilines is 2. The highest BCUT2D eigenvalue weighted by Gasteiger charge is 2.24. The van der Waals surface area contributed by atoms with E-state index in [1.54, 1.807) is 24.3 Å². The zero-order valence-corrected chi connectivity index (χ0v) is 18.9. The molecule has 170 valence electrons. The molecular weight excluding hydrogens is 440 g/mol. The van der Waals surface area contributed by atoms with Crippen LogP contribution in [-0.4, -0.2) is 58.2 Å². The van der Waals surface area contributed by atoms with Gasteiger partial charge in [0.25, 0.3) is 5.91 Å². The number of hydrogen-bond acceptors (Lipinski definition) is 6. The van der Waals surface area contributed by atoms with Gasteiger partial charge in [-0.05, 0) is 42.8 Å². The number of nitrogen functional groups attached to an aromatic ring is 1. The number of halogens is 1. The maximum Gasteiger partial charge on any atom is 0.261 e. The molecule has 1 amide bonds. The van der Waals surface area contributed by atoms with E-state index in [1.165, 1.54) is 0 Å². The zero-order chi connectivity index (χ0) is 22.8. The maximum atomic E-state index is 13.3. The number of aryl methyl sites for hydroxylation is 1. The van der Waals surface area contributed by atoms with E-state index >= 15 is 0 Å². The Labute approximate surface area is 196 Å². The van der Waals surface area contributed by atoms with E-state index in [0.717, 1.165) is 50.3 Å². The Hall–Kier alpha value is -3.20. The molecule has 1 aliphatic rings. The van der Waals surface area contributed by atoms with Crippen molar-refractivity contribution in [2.24, 2.45) is 0 Å². The van der Waals surface area contributed by atoms with Gasteiger partial charge in [0.1, 0.15) is 16.9 Å². The van der Waals surface area contributed by atoms with Crippen LogP contribution >= 0.6 is 11.6 Å². The molecule has 2 aromatic carbocycles. The van der Waals surface area contributed by atoms with Crippen molar-refractivity contribution in [3.8, 4) is 0 Å². The van der Waals surface area contributed by atoms with Crippen LogP contribution in [0.25, 0.3) is 22.2 Å². The number of amides is 1. The lowest BCUT2D eigenvalue weighted by Crippen LogP contribution is -2.37. The number of rotatable bonds is 6. The highest BCUT2D eigenvalue weighted by molar-refractivity contribution is 6.30. The summed E-state index contributed by atoms with van der Waals surface area (Å²) in [6.07, 6.45) is 0.876. The van der Waals surface area contributed by atoms with E-state index in [2.05, 4.69) is 10.2 Å². The summed E-state index contributed by atoms with van der Waals surface area (Å²) in [6.45, 7) is 4.96. The molecular formula is C24H25ClN6O2. The van der Waals surface area contributed by atoms with Gasteiger partial charge in [-0.1, -0.05) is 23.7 Å². The predicted octanol–water partition coefficient (Wildman–Crippen LogP) is 3.79. The minimum atomic E-state index is -0.323. The third-order valence-corrected chi connectivity index (χ3v) is 6.13. The van der Waals surface area contributed by atoms with Gasteiger partial charge in [0.15, 0.2) is 5.65 Å². The second-order valence-electron chi connectivity index (χ2n) is 8.06. The molecule has 0 saturated carbocycles. The number of fused-ring (bicyclic) bond motifs is 2. The fourth-order valence-corrected chi connectivity index (χ4v) is 4.30. The average molecular weight is 465 g/mol. The van der Waals surface area contributed by atoms with E-state index in [0.29, 0.717) is 39.8 Å². The van der Waals surface area contributed by atoms with Crippen LogP contribution in [0.1, 0.15) is 16.8 Å². The molecule has 5 rings (SSSR count). The van der Waals surface area contributed by atoms with Crippen LogP contribution in [0.4, 0.5) is 11.5 Å². The van der Waals surface area contributed by atoms with Gasteiger partial charge in [0.05, 0.1) is 24.2 Å². The number of morpholine rings is 1. The monoisotopic (exact) mass is 464 g/mol. The molecule has 3 N–H and O–H groups in total. The van der Waals surface area contributed by atoms with Crippen molar-refractivity contribution < 1.29 is 9.53 Å². The van der Waals surface area contributed by atoms with Crippen LogP contribution in [0.5, 0.6) is 0 Å². The largest absolute Gasteiger partial charge is 0.384 e. The van der Waals surface area contributed by atoms with Crippen molar-refractivity contribution in [2.75, 3.05) is 43.9 Å². The summed E-state index contributed by atoms with van der Waals surface area (Å²) in [6, 6.07) is 14.6. The molecule has 0 aliphatic carbocycles. The van der Waals surface area contributed by atoms with Gasteiger partial charge in [-0.15, -0.1) is 0 Å². The van der Waals surface area contributed by atoms with Crippen LogP contribution in [0.2, 0.25) is 5.02 Å². The normalized spacial score (nSPS) is 14.7. The lowest BCUT2D eigenvalue weighted by Gasteiger charge is -2.26. The van der Waals surface area contributed by atoms with Crippen molar-refractivity contribution in [3.05, 3.63) is 59.1 Å². The fourth-order valence-electron chi connectivity index (χ4n) is 4.17. The summed E-state index contributed by atoms with van der Waals surface area (Å²) >= 11 is 5.97. The number of nitrogens with two attached hydrogens (primary N) is 1. The van der Waals surface area contributed by atoms with E-state index in [4.69, 9.17) is 32.0 Å². The first kappa shape index (κ1) is 21.6. The molecule has 4 aromatic rings. The smallest absolute Gasteiger partial charge is 0.261 e. The number of nitrogens with zero attached hydrogens (tertiary/aromatic N) is 4. The summed E-state index contributed by atoms with van der Waals surface area (Å²) in [5.74, 6) is 0.0464. The average Bonchev–Trinajstić information content (AvgIpc) is 3.10. The number of hydrogen-bond donors (Lipinski definition) is 2. The van der Waals surface area contributed by atoms with Gasteiger partial charge >= 0.3 is 0 Å². The molecule has 8 nitrogen and oxygen atoms in total. The van der Waals surface area contributed by atoms with Gasteiger partial charge in [-0.25, -0.2) is 9.97 Å². The minimum absolute atomic E-state index is 0.323. The standard InChI is InChI=1S/C24H25ClN6O2/c25-16-6-8-17(9-7-16)27-24(32)20-21-23(29-19-5-2-1-4-18(19)28-21)31(22(20)26)11-3-10-30-12-14-33-15-13-30/h1-2,4-9H,3,10-15,26H2,(H,27,32). The van der Waals surface area contributed by atoms with Crippen LogP contribution in [0.3, 0.4) is 0 Å². The number of carbonyl (C=O) groups is 1. The summed E-state index contributed by atoms with van der Waals surface area (Å²) in [7, 11) is 0. The van der Waals surface area contributed by atoms with Crippen molar-refractivity contribution in [3.63, 3.8) is 0 Å². The number of ether oxygens (including phenoxy) is 1. The van der Waals surface area contributed by atoms with Crippen LogP contribution in [0, 0.1) is 0 Å². The molecule has 0 spiro atoms. The zero-order valence-electron chi connectivity index (χ0n) is 18.1. The number of aromatic nitrogens is 3. The van der Waals surface area contributed by atoms with E-state index < -0.39 is 0 Å². The number of nitrogens with one attached hydrogen (secondary N) is 1.